The highest BCUT2D eigenvalue weighted by Crippen LogP contribution is 2.24. The second kappa shape index (κ2) is 4.47. The number of thioether (sulfide) groups is 1. The van der Waals surface area contributed by atoms with Crippen LogP contribution in [0.3, 0.4) is 0 Å². The van der Waals surface area contributed by atoms with Crippen LogP contribution in [-0.2, 0) is 0 Å². The monoisotopic (exact) mass is 193 g/mol. The molecule has 1 aromatic rings. The SMILES string of the molecule is C=CSc1cnc(C(C)C)cc1C. The molecule has 0 atom stereocenters. The molecule has 0 aliphatic rings. The molecule has 1 rings (SSSR count). The molecule has 0 radical (unpaired) electrons. The maximum atomic E-state index is 4.39. The third-order valence-corrected chi connectivity index (χ3v) is 2.73. The minimum Gasteiger partial charge on any atom is -0.260 e. The second-order valence-electron chi connectivity index (χ2n) is 3.31. The summed E-state index contributed by atoms with van der Waals surface area (Å²) < 4.78 is 0. The average molecular weight is 193 g/mol. The van der Waals surface area contributed by atoms with Crippen LogP contribution in [0.25, 0.3) is 0 Å². The van der Waals surface area contributed by atoms with E-state index in [9.17, 15) is 0 Å². The van der Waals surface area contributed by atoms with Crippen LogP contribution in [0, 0.1) is 6.92 Å². The minimum atomic E-state index is 0.501. The van der Waals surface area contributed by atoms with Crippen molar-refractivity contribution in [2.75, 3.05) is 0 Å². The lowest BCUT2D eigenvalue weighted by molar-refractivity contribution is 0.814. The molecule has 1 heterocycles. The van der Waals surface area contributed by atoms with E-state index in [2.05, 4.69) is 38.4 Å². The summed E-state index contributed by atoms with van der Waals surface area (Å²) in [5.74, 6) is 0.501. The van der Waals surface area contributed by atoms with Crippen LogP contribution in [0.15, 0.2) is 29.1 Å². The first-order valence-electron chi connectivity index (χ1n) is 4.39. The van der Waals surface area contributed by atoms with E-state index < -0.39 is 0 Å². The Hall–Kier alpha value is -0.760. The molecule has 0 N–H and O–H groups in total. The van der Waals surface area contributed by atoms with Gasteiger partial charge in [0.1, 0.15) is 0 Å². The van der Waals surface area contributed by atoms with Gasteiger partial charge in [0.25, 0.3) is 0 Å². The molecule has 0 aliphatic carbocycles. The first kappa shape index (κ1) is 10.3. The van der Waals surface area contributed by atoms with Gasteiger partial charge in [0.15, 0.2) is 0 Å². The maximum Gasteiger partial charge on any atom is 0.0432 e. The van der Waals surface area contributed by atoms with Crippen LogP contribution < -0.4 is 0 Å². The molecule has 2 heteroatoms. The second-order valence-corrected chi connectivity index (χ2v) is 4.32. The Morgan fingerprint density at radius 2 is 2.23 bits per heavy atom. The van der Waals surface area contributed by atoms with Crippen LogP contribution in [-0.4, -0.2) is 4.98 Å². The van der Waals surface area contributed by atoms with Crippen LogP contribution in [0.5, 0.6) is 0 Å². The fourth-order valence-corrected chi connectivity index (χ4v) is 1.63. The minimum absolute atomic E-state index is 0.501. The van der Waals surface area contributed by atoms with Gasteiger partial charge < -0.3 is 0 Å². The lowest BCUT2D eigenvalue weighted by Gasteiger charge is -2.07. The summed E-state index contributed by atoms with van der Waals surface area (Å²) in [6.07, 6.45) is 1.93. The highest BCUT2D eigenvalue weighted by Gasteiger charge is 2.03. The summed E-state index contributed by atoms with van der Waals surface area (Å²) in [7, 11) is 0. The van der Waals surface area contributed by atoms with Crippen molar-refractivity contribution in [2.45, 2.75) is 31.6 Å². The quantitative estimate of drug-likeness (QED) is 0.678. The van der Waals surface area contributed by atoms with Crippen LogP contribution in [0.2, 0.25) is 0 Å². The fraction of sp³-hybridized carbons (Fsp3) is 0.364. The zero-order chi connectivity index (χ0) is 9.84. The Labute approximate surface area is 84.3 Å². The van der Waals surface area contributed by atoms with Crippen molar-refractivity contribution in [2.24, 2.45) is 0 Å². The first-order chi connectivity index (χ1) is 6.15. The zero-order valence-electron chi connectivity index (χ0n) is 8.37. The van der Waals surface area contributed by atoms with Crippen LogP contribution in [0.4, 0.5) is 0 Å². The molecule has 1 aromatic heterocycles. The van der Waals surface area contributed by atoms with E-state index in [0.717, 1.165) is 5.69 Å². The van der Waals surface area contributed by atoms with Gasteiger partial charge in [-0.25, -0.2) is 0 Å². The molecule has 0 saturated carbocycles. The molecule has 1 nitrogen and oxygen atoms in total. The smallest absolute Gasteiger partial charge is 0.0432 e. The lowest BCUT2D eigenvalue weighted by atomic mass is 10.1. The first-order valence-corrected chi connectivity index (χ1v) is 5.27. The third-order valence-electron chi connectivity index (χ3n) is 1.89. The molecular weight excluding hydrogens is 178 g/mol. The average Bonchev–Trinajstić information content (AvgIpc) is 2.08. The zero-order valence-corrected chi connectivity index (χ0v) is 9.19. The topological polar surface area (TPSA) is 12.9 Å². The number of hydrogen-bond acceptors (Lipinski definition) is 2. The number of aryl methyl sites for hydroxylation is 1. The van der Waals surface area contributed by atoms with Gasteiger partial charge in [-0.2, -0.15) is 0 Å². The summed E-state index contributed by atoms with van der Waals surface area (Å²) in [5.41, 5.74) is 2.44. The van der Waals surface area contributed by atoms with E-state index in [-0.39, 0.29) is 0 Å². The van der Waals surface area contributed by atoms with Gasteiger partial charge >= 0.3 is 0 Å². The van der Waals surface area contributed by atoms with Crippen molar-refractivity contribution < 1.29 is 0 Å². The Kier molecular flexibility index (Phi) is 3.55. The van der Waals surface area contributed by atoms with Crippen molar-refractivity contribution in [3.05, 3.63) is 35.5 Å². The fourth-order valence-electron chi connectivity index (χ4n) is 1.09. The highest BCUT2D eigenvalue weighted by molar-refractivity contribution is 8.02. The van der Waals surface area contributed by atoms with Gasteiger partial charge in [-0.15, -0.1) is 0 Å². The molecule has 0 saturated heterocycles. The van der Waals surface area contributed by atoms with Crippen molar-refractivity contribution in [3.8, 4) is 0 Å². The molecule has 0 fully saturated rings. The number of hydrogen-bond donors (Lipinski definition) is 0. The van der Waals surface area contributed by atoms with E-state index in [1.807, 2.05) is 11.6 Å². The van der Waals surface area contributed by atoms with Gasteiger partial charge in [0, 0.05) is 16.8 Å². The molecule has 70 valence electrons. The molecule has 0 unspecified atom stereocenters. The Balaban J connectivity index is 2.98. The lowest BCUT2D eigenvalue weighted by Crippen LogP contribution is -1.93. The standard InChI is InChI=1S/C11H15NS/c1-5-13-11-7-12-10(8(2)3)6-9(11)4/h5-8H,1H2,2-4H3. The van der Waals surface area contributed by atoms with Gasteiger partial charge in [-0.1, -0.05) is 32.2 Å². The number of nitrogens with zero attached hydrogens (tertiary/aromatic N) is 1. The van der Waals surface area contributed by atoms with Crippen molar-refractivity contribution in [1.82, 2.24) is 4.98 Å². The summed E-state index contributed by atoms with van der Waals surface area (Å²) in [4.78, 5) is 5.58. The molecule has 13 heavy (non-hydrogen) atoms. The van der Waals surface area contributed by atoms with Crippen molar-refractivity contribution in [1.29, 1.82) is 0 Å². The van der Waals surface area contributed by atoms with Gasteiger partial charge in [0.05, 0.1) is 0 Å². The summed E-state index contributed by atoms with van der Waals surface area (Å²) in [6.45, 7) is 10.1. The largest absolute Gasteiger partial charge is 0.260 e. The number of aromatic nitrogens is 1. The van der Waals surface area contributed by atoms with Crippen LogP contribution in [0.1, 0.15) is 31.0 Å². The van der Waals surface area contributed by atoms with E-state index in [1.165, 1.54) is 10.5 Å². The number of rotatable bonds is 3. The highest BCUT2D eigenvalue weighted by atomic mass is 32.2. The van der Waals surface area contributed by atoms with E-state index in [4.69, 9.17) is 0 Å². The normalized spacial score (nSPS) is 10.5. The van der Waals surface area contributed by atoms with E-state index >= 15 is 0 Å². The molecule has 0 aromatic carbocycles. The summed E-state index contributed by atoms with van der Waals surface area (Å²) in [6, 6.07) is 2.15. The third kappa shape index (κ3) is 2.59. The summed E-state index contributed by atoms with van der Waals surface area (Å²) >= 11 is 1.62. The van der Waals surface area contributed by atoms with Crippen molar-refractivity contribution >= 4 is 11.8 Å². The van der Waals surface area contributed by atoms with Gasteiger partial charge in [0.2, 0.25) is 0 Å². The predicted octanol–water partition coefficient (Wildman–Crippen LogP) is 3.75. The number of pyridine rings is 1. The maximum absolute atomic E-state index is 4.39. The predicted molar refractivity (Wildman–Crippen MR) is 59.1 cm³/mol. The van der Waals surface area contributed by atoms with Gasteiger partial charge in [-0.3, -0.25) is 4.98 Å². The molecule has 0 amide bonds. The molecular formula is C11H15NS. The Morgan fingerprint density at radius 1 is 1.54 bits per heavy atom. The van der Waals surface area contributed by atoms with E-state index in [1.54, 1.807) is 11.8 Å². The van der Waals surface area contributed by atoms with E-state index in [0.29, 0.717) is 5.92 Å². The Morgan fingerprint density at radius 3 is 2.69 bits per heavy atom. The molecule has 0 aliphatic heterocycles. The van der Waals surface area contributed by atoms with Crippen molar-refractivity contribution in [3.63, 3.8) is 0 Å². The van der Waals surface area contributed by atoms with Crippen LogP contribution >= 0.6 is 11.8 Å². The summed E-state index contributed by atoms with van der Waals surface area (Å²) in [5, 5.41) is 1.83. The Bertz CT molecular complexity index is 305. The van der Waals surface area contributed by atoms with Gasteiger partial charge in [-0.05, 0) is 29.9 Å². The molecule has 0 spiro atoms. The molecule has 0 bridgehead atoms.